The van der Waals surface area contributed by atoms with Crippen molar-refractivity contribution >= 4 is 41.0 Å². The van der Waals surface area contributed by atoms with Crippen LogP contribution in [-0.2, 0) is 25.4 Å². The van der Waals surface area contributed by atoms with Crippen LogP contribution in [0.25, 0.3) is 0 Å². The molecule has 0 aliphatic carbocycles. The largest absolute Gasteiger partial charge is 0.481 e. The lowest BCUT2D eigenvalue weighted by Crippen LogP contribution is -2.57. The first kappa shape index (κ1) is 24.7. The van der Waals surface area contributed by atoms with E-state index >= 15 is 0 Å². The van der Waals surface area contributed by atoms with Gasteiger partial charge in [0.25, 0.3) is 0 Å². The van der Waals surface area contributed by atoms with E-state index in [2.05, 4.69) is 5.32 Å². The van der Waals surface area contributed by atoms with E-state index in [1.54, 1.807) is 6.92 Å². The third-order valence-electron chi connectivity index (χ3n) is 6.45. The summed E-state index contributed by atoms with van der Waals surface area (Å²) in [5, 5.41) is 22.2. The van der Waals surface area contributed by atoms with Gasteiger partial charge in [-0.3, -0.25) is 24.5 Å². The van der Waals surface area contributed by atoms with Crippen molar-refractivity contribution in [1.29, 1.82) is 0 Å². The predicted molar refractivity (Wildman–Crippen MR) is 116 cm³/mol. The molecule has 0 spiro atoms. The van der Waals surface area contributed by atoms with Gasteiger partial charge in [-0.2, -0.15) is 13.2 Å². The number of halogens is 4. The van der Waals surface area contributed by atoms with Gasteiger partial charge in [0.1, 0.15) is 5.54 Å². The summed E-state index contributed by atoms with van der Waals surface area (Å²) in [5.41, 5.74) is -2.90. The summed E-state index contributed by atoms with van der Waals surface area (Å²) in [5.74, 6) is -8.30. The predicted octanol–water partition coefficient (Wildman–Crippen LogP) is 3.42. The number of hydrogen-bond donors (Lipinski definition) is 3. The van der Waals surface area contributed by atoms with Gasteiger partial charge >= 0.3 is 18.1 Å². The van der Waals surface area contributed by atoms with Gasteiger partial charge in [-0.25, -0.2) is 4.90 Å². The minimum Gasteiger partial charge on any atom is -0.481 e. The molecular formula is C23H18ClF3N2O6. The second-order valence-electron chi connectivity index (χ2n) is 8.54. The number of carboxylic acid groups (broad SMARTS) is 2. The maximum Gasteiger partial charge on any atom is 0.416 e. The number of carboxylic acids is 2. The number of carbonyl (C=O) groups excluding carboxylic acids is 2. The lowest BCUT2D eigenvalue weighted by atomic mass is 9.77. The van der Waals surface area contributed by atoms with Gasteiger partial charge < -0.3 is 10.2 Å². The number of rotatable bonds is 5. The molecule has 0 bridgehead atoms. The summed E-state index contributed by atoms with van der Waals surface area (Å²) in [6.07, 6.45) is -5.81. The molecule has 184 valence electrons. The van der Waals surface area contributed by atoms with Gasteiger partial charge in [-0.1, -0.05) is 29.8 Å². The number of carbonyl (C=O) groups is 4. The standard InChI is InChI=1S/C23H18ClF3N2O6/c1-10-5-6-13(8-14(10)24)29-19(32)16-17(20(29)33)22(21(34)35,9-15(30)31)28-18(16)11-3-2-4-12(7-11)23(25,26)27/h2-8,16-18,28H,9H2,1H3,(H,30,31)(H,34,35). The Morgan fingerprint density at radius 1 is 1.11 bits per heavy atom. The van der Waals surface area contributed by atoms with Crippen molar-refractivity contribution in [3.05, 3.63) is 64.2 Å². The van der Waals surface area contributed by atoms with E-state index in [0.717, 1.165) is 23.1 Å². The molecule has 0 radical (unpaired) electrons. The van der Waals surface area contributed by atoms with Crippen LogP contribution < -0.4 is 10.2 Å². The van der Waals surface area contributed by atoms with Crippen molar-refractivity contribution in [2.75, 3.05) is 4.90 Å². The zero-order valence-corrected chi connectivity index (χ0v) is 18.7. The van der Waals surface area contributed by atoms with Crippen LogP contribution in [0.5, 0.6) is 0 Å². The summed E-state index contributed by atoms with van der Waals surface area (Å²) in [7, 11) is 0. The number of alkyl halides is 3. The van der Waals surface area contributed by atoms with Crippen molar-refractivity contribution in [3.8, 4) is 0 Å². The van der Waals surface area contributed by atoms with Crippen LogP contribution in [0.4, 0.5) is 18.9 Å². The topological polar surface area (TPSA) is 124 Å². The van der Waals surface area contributed by atoms with Gasteiger partial charge in [-0.05, 0) is 42.3 Å². The number of aliphatic carboxylic acids is 2. The fourth-order valence-electron chi connectivity index (χ4n) is 4.85. The second kappa shape index (κ2) is 8.35. The first-order valence-corrected chi connectivity index (χ1v) is 10.7. The number of fused-ring (bicyclic) bond motifs is 1. The van der Waals surface area contributed by atoms with Crippen LogP contribution in [-0.4, -0.2) is 39.5 Å². The zero-order chi connectivity index (χ0) is 25.9. The average molecular weight is 511 g/mol. The molecule has 35 heavy (non-hydrogen) atoms. The van der Waals surface area contributed by atoms with Gasteiger partial charge in [0, 0.05) is 11.1 Å². The summed E-state index contributed by atoms with van der Waals surface area (Å²) in [4.78, 5) is 51.7. The second-order valence-corrected chi connectivity index (χ2v) is 8.95. The summed E-state index contributed by atoms with van der Waals surface area (Å²) in [6.45, 7) is 1.68. The van der Waals surface area contributed by atoms with E-state index in [1.807, 2.05) is 0 Å². The summed E-state index contributed by atoms with van der Waals surface area (Å²) in [6, 6.07) is 6.81. The first-order chi connectivity index (χ1) is 16.3. The Balaban J connectivity index is 1.89. The fraction of sp³-hybridized carbons (Fsp3) is 0.304. The number of amides is 2. The van der Waals surface area contributed by atoms with Gasteiger partial charge in [0.05, 0.1) is 29.5 Å². The van der Waals surface area contributed by atoms with Gasteiger partial charge in [0.2, 0.25) is 11.8 Å². The highest BCUT2D eigenvalue weighted by atomic mass is 35.5. The number of nitrogens with zero attached hydrogens (tertiary/aromatic N) is 1. The zero-order valence-electron chi connectivity index (χ0n) is 18.0. The molecule has 12 heteroatoms. The van der Waals surface area contributed by atoms with E-state index < -0.39 is 65.3 Å². The lowest BCUT2D eigenvalue weighted by Gasteiger charge is -2.30. The minimum absolute atomic E-state index is 0.0439. The molecule has 2 aromatic carbocycles. The van der Waals surface area contributed by atoms with Crippen LogP contribution >= 0.6 is 11.6 Å². The van der Waals surface area contributed by atoms with Crippen molar-refractivity contribution < 1.29 is 42.6 Å². The normalized spacial score (nSPS) is 26.2. The highest BCUT2D eigenvalue weighted by Crippen LogP contribution is 2.51. The molecule has 2 aliphatic heterocycles. The Hall–Kier alpha value is -3.44. The molecule has 2 heterocycles. The van der Waals surface area contributed by atoms with Crippen molar-refractivity contribution in [2.45, 2.75) is 31.1 Å². The van der Waals surface area contributed by atoms with Crippen molar-refractivity contribution in [2.24, 2.45) is 11.8 Å². The number of anilines is 1. The van der Waals surface area contributed by atoms with Crippen LogP contribution in [0.3, 0.4) is 0 Å². The molecule has 8 nitrogen and oxygen atoms in total. The molecule has 4 unspecified atom stereocenters. The lowest BCUT2D eigenvalue weighted by molar-refractivity contribution is -0.154. The van der Waals surface area contributed by atoms with Crippen molar-refractivity contribution in [3.63, 3.8) is 0 Å². The molecule has 4 atom stereocenters. The molecule has 2 saturated heterocycles. The summed E-state index contributed by atoms with van der Waals surface area (Å²) >= 11 is 6.13. The molecule has 4 rings (SSSR count). The molecule has 2 aliphatic rings. The Bertz CT molecular complexity index is 1270. The SMILES string of the molecule is Cc1ccc(N2C(=O)C3C(c4cccc(C(F)(F)F)c4)NC(CC(=O)O)(C(=O)O)C3C2=O)cc1Cl. The molecule has 0 saturated carbocycles. The van der Waals surface area contributed by atoms with Gasteiger partial charge in [0.15, 0.2) is 0 Å². The van der Waals surface area contributed by atoms with Crippen LogP contribution in [0.15, 0.2) is 42.5 Å². The fourth-order valence-corrected chi connectivity index (χ4v) is 5.02. The Kier molecular flexibility index (Phi) is 5.89. The summed E-state index contributed by atoms with van der Waals surface area (Å²) < 4.78 is 40.0. The molecule has 2 fully saturated rings. The monoisotopic (exact) mass is 510 g/mol. The van der Waals surface area contributed by atoms with E-state index in [0.29, 0.717) is 5.56 Å². The van der Waals surface area contributed by atoms with Crippen LogP contribution in [0, 0.1) is 18.8 Å². The average Bonchev–Trinajstić information content (AvgIpc) is 3.24. The third-order valence-corrected chi connectivity index (χ3v) is 6.86. The minimum atomic E-state index is -4.72. The van der Waals surface area contributed by atoms with Crippen LogP contribution in [0.2, 0.25) is 5.02 Å². The molecular weight excluding hydrogens is 493 g/mol. The molecule has 2 amide bonds. The Labute approximate surface area is 201 Å². The van der Waals surface area contributed by atoms with Crippen molar-refractivity contribution in [1.82, 2.24) is 5.32 Å². The van der Waals surface area contributed by atoms with E-state index in [4.69, 9.17) is 11.6 Å². The number of imide groups is 1. The number of benzene rings is 2. The van der Waals surface area contributed by atoms with Crippen LogP contribution in [0.1, 0.15) is 29.2 Å². The Morgan fingerprint density at radius 2 is 1.80 bits per heavy atom. The quantitative estimate of drug-likeness (QED) is 0.526. The number of nitrogens with one attached hydrogen (secondary N) is 1. The van der Waals surface area contributed by atoms with E-state index in [1.165, 1.54) is 24.3 Å². The number of aryl methyl sites for hydroxylation is 1. The highest BCUT2D eigenvalue weighted by Gasteiger charge is 2.69. The maximum atomic E-state index is 13.5. The molecule has 2 aromatic rings. The smallest absolute Gasteiger partial charge is 0.416 e. The first-order valence-electron chi connectivity index (χ1n) is 10.3. The Morgan fingerprint density at radius 3 is 2.37 bits per heavy atom. The van der Waals surface area contributed by atoms with E-state index in [9.17, 15) is 42.6 Å². The maximum absolute atomic E-state index is 13.5. The molecule has 0 aromatic heterocycles. The number of hydrogen-bond acceptors (Lipinski definition) is 5. The molecule has 3 N–H and O–H groups in total. The highest BCUT2D eigenvalue weighted by molar-refractivity contribution is 6.32. The van der Waals surface area contributed by atoms with Gasteiger partial charge in [-0.15, -0.1) is 0 Å². The van der Waals surface area contributed by atoms with E-state index in [-0.39, 0.29) is 16.3 Å². The third kappa shape index (κ3) is 3.94.